The van der Waals surface area contributed by atoms with E-state index >= 15 is 0 Å². The Morgan fingerprint density at radius 3 is 2.81 bits per heavy atom. The van der Waals surface area contributed by atoms with E-state index in [4.69, 9.17) is 10.5 Å². The average Bonchev–Trinajstić information content (AvgIpc) is 2.28. The van der Waals surface area contributed by atoms with Crippen molar-refractivity contribution in [2.24, 2.45) is 5.73 Å². The van der Waals surface area contributed by atoms with Crippen LogP contribution < -0.4 is 11.3 Å². The summed E-state index contributed by atoms with van der Waals surface area (Å²) in [6.07, 6.45) is 0.850. The number of nitrogens with two attached hydrogens (primary N) is 1. The molecule has 0 unspecified atom stereocenters. The Balaban J connectivity index is 2.74. The van der Waals surface area contributed by atoms with Crippen molar-refractivity contribution < 1.29 is 4.74 Å². The van der Waals surface area contributed by atoms with E-state index in [1.165, 1.54) is 0 Å². The number of rotatable bonds is 6. The molecule has 0 atom stereocenters. The van der Waals surface area contributed by atoms with Crippen LogP contribution in [0.25, 0.3) is 0 Å². The van der Waals surface area contributed by atoms with E-state index in [1.807, 2.05) is 19.9 Å². The number of pyridine rings is 1. The standard InChI is InChI=1S/C12H20N2O2/c1-3-16-8-4-7-14-10(2)5-6-11(9-13)12(14)15/h5-6H,3-4,7-9,13H2,1-2H3. The van der Waals surface area contributed by atoms with Crippen LogP contribution in [0, 0.1) is 6.92 Å². The molecule has 2 N–H and O–H groups in total. The molecule has 1 rings (SSSR count). The second-order valence-corrected chi connectivity index (χ2v) is 3.71. The van der Waals surface area contributed by atoms with Crippen molar-refractivity contribution in [2.75, 3.05) is 13.2 Å². The number of hydrogen-bond acceptors (Lipinski definition) is 3. The first kappa shape index (κ1) is 12.9. The van der Waals surface area contributed by atoms with Crippen molar-refractivity contribution in [1.29, 1.82) is 0 Å². The Hall–Kier alpha value is -1.13. The molecule has 16 heavy (non-hydrogen) atoms. The number of hydrogen-bond donors (Lipinski definition) is 1. The lowest BCUT2D eigenvalue weighted by Crippen LogP contribution is -2.27. The molecular formula is C12H20N2O2. The van der Waals surface area contributed by atoms with Crippen molar-refractivity contribution in [1.82, 2.24) is 4.57 Å². The maximum atomic E-state index is 11.9. The van der Waals surface area contributed by atoms with Crippen molar-refractivity contribution in [3.63, 3.8) is 0 Å². The van der Waals surface area contributed by atoms with E-state index in [1.54, 1.807) is 10.6 Å². The van der Waals surface area contributed by atoms with Gasteiger partial charge in [-0.15, -0.1) is 0 Å². The summed E-state index contributed by atoms with van der Waals surface area (Å²) in [7, 11) is 0. The zero-order valence-corrected chi connectivity index (χ0v) is 10.0. The zero-order valence-electron chi connectivity index (χ0n) is 10.0. The summed E-state index contributed by atoms with van der Waals surface area (Å²) < 4.78 is 7.02. The number of aromatic nitrogens is 1. The van der Waals surface area contributed by atoms with Crippen molar-refractivity contribution in [3.05, 3.63) is 33.7 Å². The van der Waals surface area contributed by atoms with Crippen LogP contribution in [0.3, 0.4) is 0 Å². The van der Waals surface area contributed by atoms with Crippen molar-refractivity contribution in [3.8, 4) is 0 Å². The van der Waals surface area contributed by atoms with Crippen LogP contribution in [0.15, 0.2) is 16.9 Å². The van der Waals surface area contributed by atoms with E-state index in [-0.39, 0.29) is 5.56 Å². The summed E-state index contributed by atoms with van der Waals surface area (Å²) in [5.41, 5.74) is 7.17. The second-order valence-electron chi connectivity index (χ2n) is 3.71. The summed E-state index contributed by atoms with van der Waals surface area (Å²) in [5.74, 6) is 0. The van der Waals surface area contributed by atoms with Crippen molar-refractivity contribution >= 4 is 0 Å². The maximum absolute atomic E-state index is 11.9. The summed E-state index contributed by atoms with van der Waals surface area (Å²) in [6.45, 7) is 6.30. The summed E-state index contributed by atoms with van der Waals surface area (Å²) in [5, 5.41) is 0. The van der Waals surface area contributed by atoms with Gasteiger partial charge >= 0.3 is 0 Å². The van der Waals surface area contributed by atoms with Gasteiger partial charge in [0, 0.05) is 37.6 Å². The number of aryl methyl sites for hydroxylation is 1. The summed E-state index contributed by atoms with van der Waals surface area (Å²) in [4.78, 5) is 11.9. The Labute approximate surface area is 96.0 Å². The van der Waals surface area contributed by atoms with Crippen LogP contribution in [0.1, 0.15) is 24.6 Å². The van der Waals surface area contributed by atoms with E-state index in [2.05, 4.69) is 0 Å². The van der Waals surface area contributed by atoms with Gasteiger partial charge in [0.15, 0.2) is 0 Å². The third kappa shape index (κ3) is 3.18. The monoisotopic (exact) mass is 224 g/mol. The largest absolute Gasteiger partial charge is 0.382 e. The molecule has 1 aromatic heterocycles. The van der Waals surface area contributed by atoms with Gasteiger partial charge in [0.2, 0.25) is 0 Å². The average molecular weight is 224 g/mol. The maximum Gasteiger partial charge on any atom is 0.255 e. The molecule has 0 aliphatic rings. The van der Waals surface area contributed by atoms with Gasteiger partial charge in [-0.05, 0) is 26.3 Å². The number of nitrogens with zero attached hydrogens (tertiary/aromatic N) is 1. The molecule has 0 bridgehead atoms. The lowest BCUT2D eigenvalue weighted by atomic mass is 10.2. The molecular weight excluding hydrogens is 204 g/mol. The fourth-order valence-electron chi connectivity index (χ4n) is 1.62. The lowest BCUT2D eigenvalue weighted by Gasteiger charge is -2.11. The first-order valence-electron chi connectivity index (χ1n) is 5.67. The summed E-state index contributed by atoms with van der Waals surface area (Å²) >= 11 is 0. The highest BCUT2D eigenvalue weighted by Gasteiger charge is 2.04. The first-order valence-corrected chi connectivity index (χ1v) is 5.67. The smallest absolute Gasteiger partial charge is 0.255 e. The molecule has 0 aromatic carbocycles. The highest BCUT2D eigenvalue weighted by atomic mass is 16.5. The fraction of sp³-hybridized carbons (Fsp3) is 0.583. The van der Waals surface area contributed by atoms with Gasteiger partial charge in [-0.25, -0.2) is 0 Å². The normalized spacial score (nSPS) is 10.7. The van der Waals surface area contributed by atoms with Gasteiger partial charge in [-0.1, -0.05) is 6.07 Å². The third-order valence-corrected chi connectivity index (χ3v) is 2.57. The summed E-state index contributed by atoms with van der Waals surface area (Å²) in [6, 6.07) is 3.74. The van der Waals surface area contributed by atoms with Crippen LogP contribution in [0.2, 0.25) is 0 Å². The topological polar surface area (TPSA) is 57.2 Å². The minimum absolute atomic E-state index is 0.0269. The molecule has 0 aliphatic heterocycles. The highest BCUT2D eigenvalue weighted by Crippen LogP contribution is 1.99. The molecule has 90 valence electrons. The minimum Gasteiger partial charge on any atom is -0.382 e. The minimum atomic E-state index is 0.0269. The van der Waals surface area contributed by atoms with Crippen LogP contribution in [0.5, 0.6) is 0 Å². The molecule has 1 aromatic rings. The lowest BCUT2D eigenvalue weighted by molar-refractivity contribution is 0.141. The van der Waals surface area contributed by atoms with Crippen molar-refractivity contribution in [2.45, 2.75) is 33.4 Å². The predicted octanol–water partition coefficient (Wildman–Crippen LogP) is 1.04. The Morgan fingerprint density at radius 2 is 2.19 bits per heavy atom. The van der Waals surface area contributed by atoms with Crippen LogP contribution in [0.4, 0.5) is 0 Å². The van der Waals surface area contributed by atoms with Gasteiger partial charge in [-0.3, -0.25) is 4.79 Å². The molecule has 0 fully saturated rings. The Kier molecular flexibility index (Phi) is 5.22. The van der Waals surface area contributed by atoms with E-state index in [0.717, 1.165) is 18.7 Å². The highest BCUT2D eigenvalue weighted by molar-refractivity contribution is 5.15. The van der Waals surface area contributed by atoms with Gasteiger partial charge in [-0.2, -0.15) is 0 Å². The van der Waals surface area contributed by atoms with E-state index in [0.29, 0.717) is 25.3 Å². The zero-order chi connectivity index (χ0) is 12.0. The Bertz CT molecular complexity index is 385. The van der Waals surface area contributed by atoms with Gasteiger partial charge < -0.3 is 15.0 Å². The molecule has 4 nitrogen and oxygen atoms in total. The molecule has 0 saturated carbocycles. The van der Waals surface area contributed by atoms with Crippen LogP contribution >= 0.6 is 0 Å². The molecule has 0 amide bonds. The second kappa shape index (κ2) is 6.45. The molecule has 0 spiro atoms. The molecule has 4 heteroatoms. The van der Waals surface area contributed by atoms with E-state index in [9.17, 15) is 4.79 Å². The molecule has 0 radical (unpaired) electrons. The van der Waals surface area contributed by atoms with Gasteiger partial charge in [0.05, 0.1) is 0 Å². The van der Waals surface area contributed by atoms with Gasteiger partial charge in [0.1, 0.15) is 0 Å². The van der Waals surface area contributed by atoms with Crippen LogP contribution in [-0.2, 0) is 17.8 Å². The Morgan fingerprint density at radius 1 is 1.44 bits per heavy atom. The quantitative estimate of drug-likeness (QED) is 0.735. The molecule has 1 heterocycles. The number of ether oxygens (including phenoxy) is 1. The predicted molar refractivity (Wildman–Crippen MR) is 64.4 cm³/mol. The van der Waals surface area contributed by atoms with Crippen LogP contribution in [-0.4, -0.2) is 17.8 Å². The van der Waals surface area contributed by atoms with E-state index < -0.39 is 0 Å². The fourth-order valence-corrected chi connectivity index (χ4v) is 1.62. The SMILES string of the molecule is CCOCCCn1c(C)ccc(CN)c1=O. The molecule has 0 aliphatic carbocycles. The molecule has 0 saturated heterocycles. The first-order chi connectivity index (χ1) is 7.70. The van der Waals surface area contributed by atoms with Gasteiger partial charge in [0.25, 0.3) is 5.56 Å². The third-order valence-electron chi connectivity index (χ3n) is 2.57.